The van der Waals surface area contributed by atoms with Gasteiger partial charge >= 0.3 is 5.97 Å². The van der Waals surface area contributed by atoms with Crippen LogP contribution in [0.1, 0.15) is 258 Å². The second-order valence-electron chi connectivity index (χ2n) is 15.4. The molecule has 0 aliphatic heterocycles. The molecule has 0 atom stereocenters. The second-order valence-corrected chi connectivity index (χ2v) is 15.4. The summed E-state index contributed by atoms with van der Waals surface area (Å²) in [4.78, 5) is 13.6. The lowest BCUT2D eigenvalue weighted by atomic mass is 10.0. The summed E-state index contributed by atoms with van der Waals surface area (Å²) in [5.74, 6) is -0.645. The molecule has 3 nitrogen and oxygen atoms in total. The minimum Gasteiger partial charge on any atom is -0.481 e. The number of carbonyl (C=O) groups is 1. The van der Waals surface area contributed by atoms with Gasteiger partial charge < -0.3 is 10.0 Å². The normalized spacial score (nSPS) is 11.6. The molecule has 0 saturated carbocycles. The molecular weight excluding hydrogens is 574 g/mol. The summed E-state index contributed by atoms with van der Waals surface area (Å²) in [6, 6.07) is 0. The number of nitrogens with zero attached hydrogens (tertiary/aromatic N) is 1. The van der Waals surface area contributed by atoms with E-state index in [4.69, 9.17) is 5.11 Å². The average Bonchev–Trinajstić information content (AvgIpc) is 3.06. The number of carboxylic acids is 1. The van der Waals surface area contributed by atoms with Crippen LogP contribution in [0.25, 0.3) is 0 Å². The highest BCUT2D eigenvalue weighted by Crippen LogP contribution is 2.16. The van der Waals surface area contributed by atoms with Gasteiger partial charge in [-0.05, 0) is 45.3 Å². The zero-order valence-electron chi connectivity index (χ0n) is 32.8. The van der Waals surface area contributed by atoms with Crippen molar-refractivity contribution in [3.8, 4) is 0 Å². The third kappa shape index (κ3) is 41.5. The summed E-state index contributed by atoms with van der Waals surface area (Å²) < 4.78 is 0. The molecule has 0 rings (SSSR count). The summed E-state index contributed by atoms with van der Waals surface area (Å²) >= 11 is 0. The summed E-state index contributed by atoms with van der Waals surface area (Å²) in [7, 11) is 0. The minimum absolute atomic E-state index is 0.332. The van der Waals surface area contributed by atoms with E-state index in [9.17, 15) is 4.79 Å². The molecule has 47 heavy (non-hydrogen) atoms. The Kier molecular flexibility index (Phi) is 41.1. The van der Waals surface area contributed by atoms with Crippen LogP contribution in [-0.2, 0) is 4.79 Å². The third-order valence-corrected chi connectivity index (χ3v) is 10.5. The standard InChI is InChI=1S/C44H89NO2/c1-3-5-7-9-11-13-15-17-19-21-23-25-27-29-31-33-37-41-45(43-39-35-36-40-44(46)47)42-38-34-32-30-28-26-24-22-20-18-16-14-12-10-8-6-4-2/h3-43H2,1-2H3,(H,46,47). The third-order valence-electron chi connectivity index (χ3n) is 10.5. The highest BCUT2D eigenvalue weighted by molar-refractivity contribution is 5.66. The van der Waals surface area contributed by atoms with E-state index in [0.29, 0.717) is 6.42 Å². The number of aliphatic carboxylic acids is 1. The molecule has 1 N–H and O–H groups in total. The smallest absolute Gasteiger partial charge is 0.303 e. The molecular formula is C44H89NO2. The molecule has 0 aromatic carbocycles. The van der Waals surface area contributed by atoms with Crippen molar-refractivity contribution in [3.05, 3.63) is 0 Å². The Bertz CT molecular complexity index is 541. The van der Waals surface area contributed by atoms with Crippen LogP contribution in [0, 0.1) is 0 Å². The van der Waals surface area contributed by atoms with Crippen molar-refractivity contribution in [1.29, 1.82) is 0 Å². The number of hydrogen-bond acceptors (Lipinski definition) is 2. The molecule has 0 aromatic heterocycles. The largest absolute Gasteiger partial charge is 0.481 e. The number of hydrogen-bond donors (Lipinski definition) is 1. The number of rotatable bonds is 42. The lowest BCUT2D eigenvalue weighted by Gasteiger charge is -2.22. The van der Waals surface area contributed by atoms with Gasteiger partial charge in [-0.3, -0.25) is 4.79 Å². The van der Waals surface area contributed by atoms with Gasteiger partial charge in [-0.2, -0.15) is 0 Å². The van der Waals surface area contributed by atoms with Crippen LogP contribution in [0.2, 0.25) is 0 Å². The molecule has 0 heterocycles. The van der Waals surface area contributed by atoms with E-state index < -0.39 is 5.97 Å². The van der Waals surface area contributed by atoms with Gasteiger partial charge in [-0.1, -0.05) is 226 Å². The molecule has 0 radical (unpaired) electrons. The fourth-order valence-corrected chi connectivity index (χ4v) is 7.24. The zero-order chi connectivity index (χ0) is 34.1. The Labute approximate surface area is 297 Å². The van der Waals surface area contributed by atoms with Gasteiger partial charge in [0.05, 0.1) is 0 Å². The Hall–Kier alpha value is -0.570. The summed E-state index contributed by atoms with van der Waals surface area (Å²) in [6.07, 6.45) is 52.1. The van der Waals surface area contributed by atoms with Crippen molar-refractivity contribution in [2.75, 3.05) is 19.6 Å². The molecule has 282 valence electrons. The zero-order valence-corrected chi connectivity index (χ0v) is 32.8. The molecule has 0 unspecified atom stereocenters. The Morgan fingerprint density at radius 1 is 0.319 bits per heavy atom. The van der Waals surface area contributed by atoms with Gasteiger partial charge in [0.15, 0.2) is 0 Å². The van der Waals surface area contributed by atoms with Gasteiger partial charge in [0, 0.05) is 6.42 Å². The Balaban J connectivity index is 3.72. The van der Waals surface area contributed by atoms with Gasteiger partial charge in [0.1, 0.15) is 0 Å². The first-order valence-corrected chi connectivity index (χ1v) is 22.1. The van der Waals surface area contributed by atoms with Crippen molar-refractivity contribution in [2.45, 2.75) is 258 Å². The Morgan fingerprint density at radius 3 is 0.723 bits per heavy atom. The first-order valence-electron chi connectivity index (χ1n) is 22.1. The van der Waals surface area contributed by atoms with E-state index in [2.05, 4.69) is 18.7 Å². The van der Waals surface area contributed by atoms with E-state index in [0.717, 1.165) is 25.8 Å². The van der Waals surface area contributed by atoms with Crippen molar-refractivity contribution in [3.63, 3.8) is 0 Å². The molecule has 0 aliphatic rings. The van der Waals surface area contributed by atoms with Crippen molar-refractivity contribution < 1.29 is 9.90 Å². The summed E-state index contributed by atoms with van der Waals surface area (Å²) in [6.45, 7) is 8.26. The quantitative estimate of drug-likeness (QED) is 0.0661. The number of carboxylic acid groups (broad SMARTS) is 1. The first-order chi connectivity index (χ1) is 23.2. The van der Waals surface area contributed by atoms with E-state index >= 15 is 0 Å². The van der Waals surface area contributed by atoms with Crippen LogP contribution in [0.15, 0.2) is 0 Å². The van der Waals surface area contributed by atoms with Crippen molar-refractivity contribution >= 4 is 5.97 Å². The predicted molar refractivity (Wildman–Crippen MR) is 211 cm³/mol. The van der Waals surface area contributed by atoms with E-state index in [1.165, 1.54) is 231 Å². The molecule has 0 bridgehead atoms. The molecule has 3 heteroatoms. The van der Waals surface area contributed by atoms with E-state index in [-0.39, 0.29) is 0 Å². The molecule has 0 spiro atoms. The fourth-order valence-electron chi connectivity index (χ4n) is 7.24. The number of unbranched alkanes of at least 4 members (excludes halogenated alkanes) is 34. The average molecular weight is 664 g/mol. The maximum atomic E-state index is 10.9. The molecule has 0 aromatic rings. The van der Waals surface area contributed by atoms with Crippen LogP contribution < -0.4 is 0 Å². The van der Waals surface area contributed by atoms with Crippen LogP contribution in [-0.4, -0.2) is 35.6 Å². The monoisotopic (exact) mass is 664 g/mol. The van der Waals surface area contributed by atoms with Crippen molar-refractivity contribution in [2.24, 2.45) is 0 Å². The first kappa shape index (κ1) is 46.4. The van der Waals surface area contributed by atoms with Crippen LogP contribution >= 0.6 is 0 Å². The SMILES string of the molecule is CCCCCCCCCCCCCCCCCCCN(CCCCCCCCCCCCCCCCCCC)CCCCCC(=O)O. The van der Waals surface area contributed by atoms with Gasteiger partial charge in [0.25, 0.3) is 0 Å². The van der Waals surface area contributed by atoms with Crippen molar-refractivity contribution in [1.82, 2.24) is 4.90 Å². The van der Waals surface area contributed by atoms with Crippen LogP contribution in [0.3, 0.4) is 0 Å². The second kappa shape index (κ2) is 41.6. The highest BCUT2D eigenvalue weighted by Gasteiger charge is 2.06. The van der Waals surface area contributed by atoms with Gasteiger partial charge in [-0.25, -0.2) is 0 Å². The predicted octanol–water partition coefficient (Wildman–Crippen LogP) is 15.2. The van der Waals surface area contributed by atoms with E-state index in [1.807, 2.05) is 0 Å². The maximum Gasteiger partial charge on any atom is 0.303 e. The lowest BCUT2D eigenvalue weighted by Crippen LogP contribution is -2.27. The molecule has 0 fully saturated rings. The van der Waals surface area contributed by atoms with Crippen LogP contribution in [0.5, 0.6) is 0 Å². The fraction of sp³-hybridized carbons (Fsp3) is 0.977. The van der Waals surface area contributed by atoms with E-state index in [1.54, 1.807) is 0 Å². The maximum absolute atomic E-state index is 10.9. The minimum atomic E-state index is -0.645. The lowest BCUT2D eigenvalue weighted by molar-refractivity contribution is -0.137. The van der Waals surface area contributed by atoms with Gasteiger partial charge in [-0.15, -0.1) is 0 Å². The molecule has 0 saturated heterocycles. The Morgan fingerprint density at radius 2 is 0.511 bits per heavy atom. The molecule has 0 amide bonds. The van der Waals surface area contributed by atoms with Crippen LogP contribution in [0.4, 0.5) is 0 Å². The molecule has 0 aliphatic carbocycles. The van der Waals surface area contributed by atoms with Gasteiger partial charge in [0.2, 0.25) is 0 Å². The topological polar surface area (TPSA) is 40.5 Å². The highest BCUT2D eigenvalue weighted by atomic mass is 16.4. The summed E-state index contributed by atoms with van der Waals surface area (Å²) in [5.41, 5.74) is 0. The summed E-state index contributed by atoms with van der Waals surface area (Å²) in [5, 5.41) is 8.94.